The lowest BCUT2D eigenvalue weighted by Crippen LogP contribution is -2.30. The zero-order chi connectivity index (χ0) is 13.4. The molecule has 18 heavy (non-hydrogen) atoms. The van der Waals surface area contributed by atoms with Gasteiger partial charge in [0.05, 0.1) is 5.69 Å². The Labute approximate surface area is 107 Å². The number of hydrogen-bond acceptors (Lipinski definition) is 2. The number of urea groups is 1. The molecule has 0 unspecified atom stereocenters. The van der Waals surface area contributed by atoms with Crippen molar-refractivity contribution in [3.05, 3.63) is 29.6 Å². The molecule has 0 radical (unpaired) electrons. The number of halogens is 1. The third-order valence-corrected chi connectivity index (χ3v) is 2.33. The van der Waals surface area contributed by atoms with E-state index < -0.39 is 11.8 Å². The van der Waals surface area contributed by atoms with Crippen LogP contribution in [0.15, 0.2) is 18.2 Å². The summed E-state index contributed by atoms with van der Waals surface area (Å²) in [5.41, 5.74) is 0.998. The monoisotopic (exact) mass is 254 g/mol. The van der Waals surface area contributed by atoms with Gasteiger partial charge in [0.25, 0.3) is 0 Å². The number of ether oxygens (including phenoxy) is 1. The summed E-state index contributed by atoms with van der Waals surface area (Å²) in [5.74, 6) is -0.431. The van der Waals surface area contributed by atoms with Gasteiger partial charge < -0.3 is 15.4 Å². The molecule has 0 aliphatic rings. The van der Waals surface area contributed by atoms with Crippen molar-refractivity contribution in [2.45, 2.75) is 20.3 Å². The molecule has 0 atom stereocenters. The second-order valence-corrected chi connectivity index (χ2v) is 3.91. The zero-order valence-corrected chi connectivity index (χ0v) is 10.8. The molecule has 1 aromatic rings. The van der Waals surface area contributed by atoms with Gasteiger partial charge in [0.15, 0.2) is 0 Å². The van der Waals surface area contributed by atoms with E-state index in [0.717, 1.165) is 12.0 Å². The molecule has 1 rings (SSSR count). The minimum absolute atomic E-state index is 0.183. The number of aryl methyl sites for hydroxylation is 1. The summed E-state index contributed by atoms with van der Waals surface area (Å²) >= 11 is 0. The topological polar surface area (TPSA) is 50.4 Å². The zero-order valence-electron chi connectivity index (χ0n) is 10.8. The van der Waals surface area contributed by atoms with Crippen LogP contribution in [0.1, 0.15) is 18.9 Å². The van der Waals surface area contributed by atoms with Gasteiger partial charge in [-0.2, -0.15) is 0 Å². The first-order valence-corrected chi connectivity index (χ1v) is 6.02. The van der Waals surface area contributed by atoms with Gasteiger partial charge in [0, 0.05) is 19.8 Å². The molecule has 0 aromatic heterocycles. The van der Waals surface area contributed by atoms with Crippen molar-refractivity contribution in [2.75, 3.05) is 25.1 Å². The fraction of sp³-hybridized carbons (Fsp3) is 0.462. The van der Waals surface area contributed by atoms with Crippen LogP contribution in [-0.2, 0) is 4.74 Å². The SMILES string of the molecule is CCOCCCNC(=O)Nc1ccc(C)cc1F. The first kappa shape index (κ1) is 14.4. The lowest BCUT2D eigenvalue weighted by Gasteiger charge is -2.08. The highest BCUT2D eigenvalue weighted by Gasteiger charge is 2.05. The van der Waals surface area contributed by atoms with E-state index in [0.29, 0.717) is 19.8 Å². The van der Waals surface area contributed by atoms with Gasteiger partial charge in [0.2, 0.25) is 0 Å². The Morgan fingerprint density at radius 2 is 2.22 bits per heavy atom. The summed E-state index contributed by atoms with van der Waals surface area (Å²) in [6.45, 7) is 5.48. The average molecular weight is 254 g/mol. The highest BCUT2D eigenvalue weighted by atomic mass is 19.1. The Balaban J connectivity index is 2.31. The predicted molar refractivity (Wildman–Crippen MR) is 69.3 cm³/mol. The predicted octanol–water partition coefficient (Wildman–Crippen LogP) is 2.68. The van der Waals surface area contributed by atoms with Gasteiger partial charge in [-0.05, 0) is 38.0 Å². The lowest BCUT2D eigenvalue weighted by atomic mass is 10.2. The van der Waals surface area contributed by atoms with Crippen LogP contribution in [0.3, 0.4) is 0 Å². The Kier molecular flexibility index (Phi) is 6.14. The summed E-state index contributed by atoms with van der Waals surface area (Å²) < 4.78 is 18.6. The van der Waals surface area contributed by atoms with Gasteiger partial charge >= 0.3 is 6.03 Å². The van der Waals surface area contributed by atoms with Crippen molar-refractivity contribution >= 4 is 11.7 Å². The number of anilines is 1. The number of carbonyl (C=O) groups is 1. The molecule has 0 heterocycles. The molecule has 0 fully saturated rings. The van der Waals surface area contributed by atoms with Crippen molar-refractivity contribution in [1.29, 1.82) is 0 Å². The van der Waals surface area contributed by atoms with E-state index >= 15 is 0 Å². The maximum atomic E-state index is 13.4. The number of benzene rings is 1. The lowest BCUT2D eigenvalue weighted by molar-refractivity contribution is 0.145. The number of carbonyl (C=O) groups excluding carboxylic acids is 1. The normalized spacial score (nSPS) is 10.2. The van der Waals surface area contributed by atoms with Crippen LogP contribution in [0, 0.1) is 12.7 Å². The average Bonchev–Trinajstić information content (AvgIpc) is 2.32. The molecule has 100 valence electrons. The largest absolute Gasteiger partial charge is 0.382 e. The standard InChI is InChI=1S/C13H19FN2O2/c1-3-18-8-4-7-15-13(17)16-12-6-5-10(2)9-11(12)14/h5-6,9H,3-4,7-8H2,1-2H3,(H2,15,16,17). The Morgan fingerprint density at radius 1 is 1.44 bits per heavy atom. The molecule has 0 bridgehead atoms. The van der Waals surface area contributed by atoms with Crippen LogP contribution < -0.4 is 10.6 Å². The number of amides is 2. The maximum absolute atomic E-state index is 13.4. The van der Waals surface area contributed by atoms with E-state index in [2.05, 4.69) is 10.6 Å². The molecular weight excluding hydrogens is 235 g/mol. The van der Waals surface area contributed by atoms with Crippen molar-refractivity contribution in [2.24, 2.45) is 0 Å². The second-order valence-electron chi connectivity index (χ2n) is 3.91. The van der Waals surface area contributed by atoms with Crippen LogP contribution in [0.2, 0.25) is 0 Å². The Bertz CT molecular complexity index is 397. The van der Waals surface area contributed by atoms with Gasteiger partial charge in [-0.25, -0.2) is 9.18 Å². The summed E-state index contributed by atoms with van der Waals surface area (Å²) in [6.07, 6.45) is 0.734. The maximum Gasteiger partial charge on any atom is 0.319 e. The van der Waals surface area contributed by atoms with E-state index in [1.807, 2.05) is 6.92 Å². The first-order chi connectivity index (χ1) is 8.63. The van der Waals surface area contributed by atoms with Crippen LogP contribution in [0.4, 0.5) is 14.9 Å². The summed E-state index contributed by atoms with van der Waals surface area (Å²) in [4.78, 5) is 11.5. The smallest absolute Gasteiger partial charge is 0.319 e. The van der Waals surface area contributed by atoms with E-state index in [-0.39, 0.29) is 5.69 Å². The molecule has 1 aromatic carbocycles. The van der Waals surface area contributed by atoms with E-state index in [1.54, 1.807) is 19.1 Å². The van der Waals surface area contributed by atoms with Crippen molar-refractivity contribution in [3.63, 3.8) is 0 Å². The molecule has 5 heteroatoms. The molecule has 0 spiro atoms. The van der Waals surface area contributed by atoms with Gasteiger partial charge in [-0.1, -0.05) is 6.07 Å². The third-order valence-electron chi connectivity index (χ3n) is 2.33. The molecule has 0 saturated carbocycles. The molecule has 4 nitrogen and oxygen atoms in total. The van der Waals surface area contributed by atoms with Crippen LogP contribution in [0.25, 0.3) is 0 Å². The van der Waals surface area contributed by atoms with Gasteiger partial charge in [-0.15, -0.1) is 0 Å². The number of nitrogens with one attached hydrogen (secondary N) is 2. The van der Waals surface area contributed by atoms with Gasteiger partial charge in [-0.3, -0.25) is 0 Å². The van der Waals surface area contributed by atoms with E-state index in [1.165, 1.54) is 6.07 Å². The summed E-state index contributed by atoms with van der Waals surface area (Å²) in [6, 6.07) is 4.26. The quantitative estimate of drug-likeness (QED) is 0.767. The van der Waals surface area contributed by atoms with Crippen molar-refractivity contribution in [1.82, 2.24) is 5.32 Å². The molecule has 2 amide bonds. The molecule has 0 aliphatic carbocycles. The minimum atomic E-state index is -0.431. The fourth-order valence-corrected chi connectivity index (χ4v) is 1.41. The first-order valence-electron chi connectivity index (χ1n) is 6.02. The second kappa shape index (κ2) is 7.66. The van der Waals surface area contributed by atoms with Gasteiger partial charge in [0.1, 0.15) is 5.82 Å². The van der Waals surface area contributed by atoms with E-state index in [9.17, 15) is 9.18 Å². The minimum Gasteiger partial charge on any atom is -0.382 e. The number of hydrogen-bond donors (Lipinski definition) is 2. The Hall–Kier alpha value is -1.62. The molecular formula is C13H19FN2O2. The third kappa shape index (κ3) is 5.14. The van der Waals surface area contributed by atoms with Crippen LogP contribution >= 0.6 is 0 Å². The summed E-state index contributed by atoms with van der Waals surface area (Å²) in [7, 11) is 0. The summed E-state index contributed by atoms with van der Waals surface area (Å²) in [5, 5.41) is 5.10. The highest BCUT2D eigenvalue weighted by Crippen LogP contribution is 2.14. The molecule has 0 saturated heterocycles. The Morgan fingerprint density at radius 3 is 2.89 bits per heavy atom. The number of rotatable bonds is 6. The van der Waals surface area contributed by atoms with E-state index in [4.69, 9.17) is 4.74 Å². The van der Waals surface area contributed by atoms with Crippen molar-refractivity contribution in [3.8, 4) is 0 Å². The van der Waals surface area contributed by atoms with Crippen LogP contribution in [0.5, 0.6) is 0 Å². The van der Waals surface area contributed by atoms with Crippen LogP contribution in [-0.4, -0.2) is 25.8 Å². The molecule has 2 N–H and O–H groups in total. The highest BCUT2D eigenvalue weighted by molar-refractivity contribution is 5.89. The fourth-order valence-electron chi connectivity index (χ4n) is 1.41. The van der Waals surface area contributed by atoms with Crippen molar-refractivity contribution < 1.29 is 13.9 Å². The molecule has 0 aliphatic heterocycles.